The van der Waals surface area contributed by atoms with Gasteiger partial charge >= 0.3 is 0 Å². The van der Waals surface area contributed by atoms with Gasteiger partial charge in [-0.15, -0.1) is 0 Å². The first-order chi connectivity index (χ1) is 8.29. The van der Waals surface area contributed by atoms with Crippen LogP contribution in [0.15, 0.2) is 24.3 Å². The Morgan fingerprint density at radius 1 is 1.41 bits per heavy atom. The predicted octanol–water partition coefficient (Wildman–Crippen LogP) is 1.74. The maximum absolute atomic E-state index is 11.3. The van der Waals surface area contributed by atoms with Crippen molar-refractivity contribution in [1.82, 2.24) is 5.32 Å². The number of nitrogens with one attached hydrogen (secondary N) is 1. The second kappa shape index (κ2) is 5.57. The lowest BCUT2D eigenvalue weighted by Crippen LogP contribution is -2.31. The lowest BCUT2D eigenvalue weighted by molar-refractivity contribution is -0.121. The summed E-state index contributed by atoms with van der Waals surface area (Å²) >= 11 is 0. The molecule has 1 aliphatic heterocycles. The topological polar surface area (TPSA) is 47.6 Å². The Morgan fingerprint density at radius 3 is 2.94 bits per heavy atom. The zero-order valence-electron chi connectivity index (χ0n) is 9.94. The molecule has 1 aromatic carbocycles. The van der Waals surface area contributed by atoms with Crippen LogP contribution in [-0.2, 0) is 4.79 Å². The first-order valence-corrected chi connectivity index (χ1v) is 5.94. The van der Waals surface area contributed by atoms with E-state index in [1.54, 1.807) is 0 Å². The molecule has 0 aromatic heterocycles. The molecule has 2 rings (SSSR count). The molecular weight excluding hydrogens is 218 g/mol. The summed E-state index contributed by atoms with van der Waals surface area (Å²) in [5, 5.41) is 2.77. The average Bonchev–Trinajstić information content (AvgIpc) is 2.36. The Balaban J connectivity index is 1.84. The van der Waals surface area contributed by atoms with Crippen molar-refractivity contribution in [1.29, 1.82) is 0 Å². The lowest BCUT2D eigenvalue weighted by Gasteiger charge is -2.26. The lowest BCUT2D eigenvalue weighted by atomic mass is 10.1. The Kier molecular flexibility index (Phi) is 3.85. The molecule has 17 heavy (non-hydrogen) atoms. The SMILES string of the molecule is CCNC(=O)CC[C@H]1COc2ccccc2O1. The van der Waals surface area contributed by atoms with Crippen molar-refractivity contribution in [3.8, 4) is 11.5 Å². The monoisotopic (exact) mass is 235 g/mol. The van der Waals surface area contributed by atoms with Gasteiger partial charge in [-0.2, -0.15) is 0 Å². The van der Waals surface area contributed by atoms with E-state index < -0.39 is 0 Å². The van der Waals surface area contributed by atoms with Crippen molar-refractivity contribution in [2.75, 3.05) is 13.2 Å². The summed E-state index contributed by atoms with van der Waals surface area (Å²) in [5.74, 6) is 1.61. The first-order valence-electron chi connectivity index (χ1n) is 5.94. The second-order valence-electron chi connectivity index (χ2n) is 3.99. The molecule has 4 nitrogen and oxygen atoms in total. The van der Waals surface area contributed by atoms with E-state index in [0.29, 0.717) is 26.0 Å². The quantitative estimate of drug-likeness (QED) is 0.864. The van der Waals surface area contributed by atoms with Crippen LogP contribution in [0.4, 0.5) is 0 Å². The van der Waals surface area contributed by atoms with Gasteiger partial charge in [0.15, 0.2) is 11.5 Å². The minimum atomic E-state index is -0.0347. The van der Waals surface area contributed by atoms with E-state index in [1.165, 1.54) is 0 Å². The van der Waals surface area contributed by atoms with E-state index in [4.69, 9.17) is 9.47 Å². The zero-order valence-corrected chi connectivity index (χ0v) is 9.94. The molecule has 92 valence electrons. The van der Waals surface area contributed by atoms with Crippen molar-refractivity contribution in [2.45, 2.75) is 25.9 Å². The minimum absolute atomic E-state index is 0.0347. The Labute approximate surface area is 101 Å². The second-order valence-corrected chi connectivity index (χ2v) is 3.99. The summed E-state index contributed by atoms with van der Waals surface area (Å²) < 4.78 is 11.3. The van der Waals surface area contributed by atoms with Crippen LogP contribution in [0.1, 0.15) is 19.8 Å². The van der Waals surface area contributed by atoms with Gasteiger partial charge in [-0.25, -0.2) is 0 Å². The molecular formula is C13H17NO3. The molecule has 1 atom stereocenters. The van der Waals surface area contributed by atoms with E-state index in [2.05, 4.69) is 5.32 Å². The molecule has 0 fully saturated rings. The highest BCUT2D eigenvalue weighted by atomic mass is 16.6. The van der Waals surface area contributed by atoms with E-state index in [-0.39, 0.29) is 12.0 Å². The molecule has 1 aromatic rings. The first kappa shape index (κ1) is 11.8. The molecule has 1 N–H and O–H groups in total. The van der Waals surface area contributed by atoms with E-state index in [1.807, 2.05) is 31.2 Å². The largest absolute Gasteiger partial charge is 0.486 e. The Bertz CT molecular complexity index is 392. The number of carbonyl (C=O) groups is 1. The van der Waals surface area contributed by atoms with Crippen LogP contribution in [0.3, 0.4) is 0 Å². The van der Waals surface area contributed by atoms with Gasteiger partial charge in [-0.3, -0.25) is 4.79 Å². The number of hydrogen-bond donors (Lipinski definition) is 1. The van der Waals surface area contributed by atoms with Crippen molar-refractivity contribution >= 4 is 5.91 Å². The van der Waals surface area contributed by atoms with Crippen LogP contribution in [0.2, 0.25) is 0 Å². The summed E-state index contributed by atoms with van der Waals surface area (Å²) in [5.41, 5.74) is 0. The van der Waals surface area contributed by atoms with Gasteiger partial charge in [0, 0.05) is 13.0 Å². The Hall–Kier alpha value is -1.71. The highest BCUT2D eigenvalue weighted by Gasteiger charge is 2.20. The van der Waals surface area contributed by atoms with Gasteiger partial charge in [-0.1, -0.05) is 12.1 Å². The van der Waals surface area contributed by atoms with Gasteiger partial charge in [0.05, 0.1) is 0 Å². The summed E-state index contributed by atoms with van der Waals surface area (Å²) in [7, 11) is 0. The fraction of sp³-hybridized carbons (Fsp3) is 0.462. The highest BCUT2D eigenvalue weighted by molar-refractivity contribution is 5.75. The third-order valence-electron chi connectivity index (χ3n) is 2.63. The fourth-order valence-corrected chi connectivity index (χ4v) is 1.78. The summed E-state index contributed by atoms with van der Waals surface area (Å²) in [6, 6.07) is 7.59. The molecule has 1 amide bonds. The fourth-order valence-electron chi connectivity index (χ4n) is 1.78. The zero-order chi connectivity index (χ0) is 12.1. The van der Waals surface area contributed by atoms with Crippen molar-refractivity contribution in [2.24, 2.45) is 0 Å². The number of para-hydroxylation sites is 2. The van der Waals surface area contributed by atoms with Gasteiger partial charge in [0.2, 0.25) is 5.91 Å². The number of fused-ring (bicyclic) bond motifs is 1. The van der Waals surface area contributed by atoms with Crippen LogP contribution < -0.4 is 14.8 Å². The van der Waals surface area contributed by atoms with Crippen LogP contribution in [0.5, 0.6) is 11.5 Å². The molecule has 0 radical (unpaired) electrons. The van der Waals surface area contributed by atoms with Crippen LogP contribution in [-0.4, -0.2) is 25.2 Å². The molecule has 0 spiro atoms. The van der Waals surface area contributed by atoms with Gasteiger partial charge < -0.3 is 14.8 Å². The molecule has 1 heterocycles. The van der Waals surface area contributed by atoms with Crippen LogP contribution in [0, 0.1) is 0 Å². The molecule has 0 aliphatic carbocycles. The molecule has 0 unspecified atom stereocenters. The highest BCUT2D eigenvalue weighted by Crippen LogP contribution is 2.31. The van der Waals surface area contributed by atoms with Crippen molar-refractivity contribution in [3.05, 3.63) is 24.3 Å². The van der Waals surface area contributed by atoms with Crippen LogP contribution in [0.25, 0.3) is 0 Å². The van der Waals surface area contributed by atoms with Gasteiger partial charge in [-0.05, 0) is 25.5 Å². The number of rotatable bonds is 4. The number of carbonyl (C=O) groups excluding carboxylic acids is 1. The number of ether oxygens (including phenoxy) is 2. The van der Waals surface area contributed by atoms with Gasteiger partial charge in [0.25, 0.3) is 0 Å². The Morgan fingerprint density at radius 2 is 2.18 bits per heavy atom. The van der Waals surface area contributed by atoms with E-state index in [0.717, 1.165) is 11.5 Å². The normalized spacial score (nSPS) is 17.6. The summed E-state index contributed by atoms with van der Waals surface area (Å²) in [6.45, 7) is 3.09. The van der Waals surface area contributed by atoms with Gasteiger partial charge in [0.1, 0.15) is 12.7 Å². The average molecular weight is 235 g/mol. The maximum atomic E-state index is 11.3. The van der Waals surface area contributed by atoms with Crippen molar-refractivity contribution in [3.63, 3.8) is 0 Å². The standard InChI is InChI=1S/C13H17NO3/c1-2-14-13(15)8-7-10-9-16-11-5-3-4-6-12(11)17-10/h3-6,10H,2,7-9H2,1H3,(H,14,15)/t10-/m0/s1. The van der Waals surface area contributed by atoms with Crippen molar-refractivity contribution < 1.29 is 14.3 Å². The number of amides is 1. The predicted molar refractivity (Wildman–Crippen MR) is 64.3 cm³/mol. The molecule has 0 saturated heterocycles. The molecule has 0 bridgehead atoms. The maximum Gasteiger partial charge on any atom is 0.220 e. The third kappa shape index (κ3) is 3.12. The summed E-state index contributed by atoms with van der Waals surface area (Å²) in [4.78, 5) is 11.3. The molecule has 1 aliphatic rings. The molecule has 0 saturated carbocycles. The number of hydrogen-bond acceptors (Lipinski definition) is 3. The van der Waals surface area contributed by atoms with E-state index in [9.17, 15) is 4.79 Å². The van der Waals surface area contributed by atoms with Crippen LogP contribution >= 0.6 is 0 Å². The smallest absolute Gasteiger partial charge is 0.220 e. The number of benzene rings is 1. The minimum Gasteiger partial charge on any atom is -0.486 e. The third-order valence-corrected chi connectivity index (χ3v) is 2.63. The summed E-state index contributed by atoms with van der Waals surface area (Å²) in [6.07, 6.45) is 1.12. The van der Waals surface area contributed by atoms with E-state index >= 15 is 0 Å². The molecule has 4 heteroatoms.